The van der Waals surface area contributed by atoms with Gasteiger partial charge in [-0.2, -0.15) is 4.98 Å². The highest BCUT2D eigenvalue weighted by molar-refractivity contribution is 9.10. The number of nitrogens with zero attached hydrogens (tertiary/aromatic N) is 3. The number of benzene rings is 2. The van der Waals surface area contributed by atoms with Gasteiger partial charge in [0.05, 0.1) is 12.2 Å². The molecule has 2 aromatic carbocycles. The van der Waals surface area contributed by atoms with Gasteiger partial charge in [0.25, 0.3) is 0 Å². The summed E-state index contributed by atoms with van der Waals surface area (Å²) in [6.45, 7) is 4.45. The van der Waals surface area contributed by atoms with Gasteiger partial charge in [0.15, 0.2) is 0 Å². The first-order valence-electron chi connectivity index (χ1n) is 13.4. The normalized spacial score (nSPS) is 17.5. The zero-order valence-electron chi connectivity index (χ0n) is 22.1. The van der Waals surface area contributed by atoms with Crippen molar-refractivity contribution < 1.29 is 18.7 Å². The quantitative estimate of drug-likeness (QED) is 0.198. The molecule has 0 radical (unpaired) electrons. The average molecular weight is 616 g/mol. The predicted octanol–water partition coefficient (Wildman–Crippen LogP) is 7.43. The Bertz CT molecular complexity index is 1370. The minimum atomic E-state index is -0.614. The van der Waals surface area contributed by atoms with Crippen molar-refractivity contribution in [3.8, 4) is 5.75 Å². The Morgan fingerprint density at radius 1 is 1.21 bits per heavy atom. The summed E-state index contributed by atoms with van der Waals surface area (Å²) < 4.78 is 29.0. The Hall–Kier alpha value is -2.85. The topological polar surface area (TPSA) is 78.3 Å². The second-order valence-electron chi connectivity index (χ2n) is 9.80. The number of allylic oxidation sites excluding steroid dienone is 1. The van der Waals surface area contributed by atoms with E-state index in [0.29, 0.717) is 46.0 Å². The van der Waals surface area contributed by atoms with E-state index in [0.717, 1.165) is 42.1 Å². The summed E-state index contributed by atoms with van der Waals surface area (Å²) in [5.74, 6) is 0.932. The van der Waals surface area contributed by atoms with Crippen LogP contribution in [0.4, 0.5) is 10.3 Å². The zero-order chi connectivity index (χ0) is 27.4. The van der Waals surface area contributed by atoms with Crippen molar-refractivity contribution >= 4 is 39.6 Å². The maximum Gasteiger partial charge on any atom is 0.338 e. The van der Waals surface area contributed by atoms with Crippen molar-refractivity contribution in [1.82, 2.24) is 14.8 Å². The van der Waals surface area contributed by atoms with Gasteiger partial charge in [-0.15, -0.1) is 5.10 Å². The van der Waals surface area contributed by atoms with Crippen molar-refractivity contribution in [1.29, 1.82) is 0 Å². The number of esters is 1. The molecule has 10 heteroatoms. The molecule has 0 amide bonds. The minimum Gasteiger partial charge on any atom is -0.493 e. The van der Waals surface area contributed by atoms with Crippen LogP contribution in [0.25, 0.3) is 0 Å². The summed E-state index contributed by atoms with van der Waals surface area (Å²) in [4.78, 5) is 18.4. The zero-order valence-corrected chi connectivity index (χ0v) is 24.5. The number of rotatable bonds is 9. The van der Waals surface area contributed by atoms with Gasteiger partial charge in [-0.25, -0.2) is 13.9 Å². The van der Waals surface area contributed by atoms with Gasteiger partial charge in [0, 0.05) is 21.5 Å². The molecule has 1 unspecified atom stereocenters. The molecule has 1 aliphatic carbocycles. The molecule has 1 saturated carbocycles. The van der Waals surface area contributed by atoms with Gasteiger partial charge in [-0.3, -0.25) is 0 Å². The van der Waals surface area contributed by atoms with E-state index in [2.05, 4.69) is 33.2 Å². The largest absolute Gasteiger partial charge is 0.493 e. The highest BCUT2D eigenvalue weighted by Crippen LogP contribution is 2.42. The third kappa shape index (κ3) is 6.32. The highest BCUT2D eigenvalue weighted by atomic mass is 79.9. The van der Waals surface area contributed by atoms with Crippen molar-refractivity contribution in [2.75, 3.05) is 11.9 Å². The fourth-order valence-corrected chi connectivity index (χ4v) is 6.17. The predicted molar refractivity (Wildman–Crippen MR) is 153 cm³/mol. The minimum absolute atomic E-state index is 0.0884. The van der Waals surface area contributed by atoms with E-state index in [-0.39, 0.29) is 17.9 Å². The number of ether oxygens (including phenoxy) is 2. The second kappa shape index (κ2) is 12.6. The van der Waals surface area contributed by atoms with Crippen LogP contribution in [0.2, 0.25) is 0 Å². The molecule has 0 spiro atoms. The number of carbonyl (C=O) groups is 1. The lowest BCUT2D eigenvalue weighted by Gasteiger charge is -2.31. The molecule has 206 valence electrons. The number of carbonyl (C=O) groups excluding carboxylic acids is 1. The molecule has 5 rings (SSSR count). The fourth-order valence-electron chi connectivity index (χ4n) is 4.98. The Morgan fingerprint density at radius 3 is 2.77 bits per heavy atom. The number of fused-ring (bicyclic) bond motifs is 1. The summed E-state index contributed by atoms with van der Waals surface area (Å²) in [5.41, 5.74) is 2.50. The molecular formula is C29H32BrFN4O3S. The summed E-state index contributed by atoms with van der Waals surface area (Å²) >= 11 is 4.94. The lowest BCUT2D eigenvalue weighted by molar-refractivity contribution is -0.146. The van der Waals surface area contributed by atoms with Crippen LogP contribution in [0.15, 0.2) is 63.4 Å². The van der Waals surface area contributed by atoms with Gasteiger partial charge in [0.1, 0.15) is 23.7 Å². The number of hydrogen-bond acceptors (Lipinski definition) is 7. The number of thioether (sulfide) groups is 1. The number of nitrogens with one attached hydrogen (secondary N) is 1. The lowest BCUT2D eigenvalue weighted by atomic mass is 9.94. The summed E-state index contributed by atoms with van der Waals surface area (Å²) in [6, 6.07) is 11.8. The van der Waals surface area contributed by atoms with Gasteiger partial charge in [-0.1, -0.05) is 59.2 Å². The van der Waals surface area contributed by atoms with Crippen molar-refractivity contribution in [3.63, 3.8) is 0 Å². The number of anilines is 1. The third-order valence-corrected chi connectivity index (χ3v) is 8.30. The Labute approximate surface area is 240 Å². The Morgan fingerprint density at radius 2 is 2.00 bits per heavy atom. The fraction of sp³-hybridized carbons (Fsp3) is 0.414. The van der Waals surface area contributed by atoms with Crippen LogP contribution in [-0.4, -0.2) is 33.4 Å². The van der Waals surface area contributed by atoms with E-state index in [1.54, 1.807) is 16.8 Å². The Balaban J connectivity index is 1.52. The monoisotopic (exact) mass is 614 g/mol. The van der Waals surface area contributed by atoms with Crippen LogP contribution in [0.1, 0.15) is 69.5 Å². The first-order chi connectivity index (χ1) is 18.9. The van der Waals surface area contributed by atoms with E-state index in [1.807, 2.05) is 31.2 Å². The first-order valence-corrected chi connectivity index (χ1v) is 15.2. The maximum absolute atomic E-state index is 14.2. The van der Waals surface area contributed by atoms with Crippen LogP contribution in [-0.2, 0) is 15.3 Å². The summed E-state index contributed by atoms with van der Waals surface area (Å²) in [5, 5.41) is 8.53. The van der Waals surface area contributed by atoms with E-state index in [1.165, 1.54) is 24.2 Å². The maximum atomic E-state index is 14.2. The van der Waals surface area contributed by atoms with Gasteiger partial charge < -0.3 is 14.8 Å². The van der Waals surface area contributed by atoms with E-state index < -0.39 is 6.04 Å². The second-order valence-corrected chi connectivity index (χ2v) is 11.7. The molecule has 1 aromatic heterocycles. The molecule has 7 nitrogen and oxygen atoms in total. The molecule has 2 aliphatic rings. The lowest BCUT2D eigenvalue weighted by Crippen LogP contribution is -2.32. The number of aromatic nitrogens is 3. The van der Waals surface area contributed by atoms with Crippen LogP contribution < -0.4 is 10.1 Å². The van der Waals surface area contributed by atoms with Crippen LogP contribution >= 0.6 is 27.7 Å². The van der Waals surface area contributed by atoms with Gasteiger partial charge >= 0.3 is 5.97 Å². The SMILES string of the molecule is CCCOc1ccc(Br)cc1C1C(C(=O)OC2CCCCC2)=C(C)Nc2nc(SCc3ccccc3F)nn21. The van der Waals surface area contributed by atoms with Gasteiger partial charge in [-0.05, 0) is 68.9 Å². The number of hydrogen-bond donors (Lipinski definition) is 1. The molecule has 1 fully saturated rings. The summed E-state index contributed by atoms with van der Waals surface area (Å²) in [6.07, 6.45) is 5.81. The molecule has 0 bridgehead atoms. The molecule has 1 N–H and O–H groups in total. The highest BCUT2D eigenvalue weighted by Gasteiger charge is 2.38. The molecule has 1 aliphatic heterocycles. The third-order valence-electron chi connectivity index (χ3n) is 6.92. The molecule has 39 heavy (non-hydrogen) atoms. The van der Waals surface area contributed by atoms with E-state index in [9.17, 15) is 9.18 Å². The van der Waals surface area contributed by atoms with E-state index in [4.69, 9.17) is 14.6 Å². The number of halogens is 2. The first kappa shape index (κ1) is 27.7. The van der Waals surface area contributed by atoms with Crippen molar-refractivity contribution in [2.45, 2.75) is 75.4 Å². The average Bonchev–Trinajstić information content (AvgIpc) is 3.34. The summed E-state index contributed by atoms with van der Waals surface area (Å²) in [7, 11) is 0. The van der Waals surface area contributed by atoms with Crippen LogP contribution in [0.5, 0.6) is 5.75 Å². The molecule has 1 atom stereocenters. The van der Waals surface area contributed by atoms with Crippen LogP contribution in [0, 0.1) is 5.82 Å². The Kier molecular flexibility index (Phi) is 8.92. The van der Waals surface area contributed by atoms with Gasteiger partial charge in [0.2, 0.25) is 11.1 Å². The molecule has 0 saturated heterocycles. The molecule has 2 heterocycles. The molecular weight excluding hydrogens is 583 g/mol. The standard InChI is InChI=1S/C29H32BrFN4O3S/c1-3-15-37-24-14-13-20(30)16-22(24)26-25(27(36)38-21-10-5-4-6-11-21)18(2)32-28-33-29(34-35(26)28)39-17-19-9-7-8-12-23(19)31/h7-9,12-14,16,21,26H,3-6,10-11,15,17H2,1-2H3,(H,32,33,34). The van der Waals surface area contributed by atoms with E-state index >= 15 is 0 Å². The van der Waals surface area contributed by atoms with Crippen molar-refractivity contribution in [2.24, 2.45) is 0 Å². The molecule has 3 aromatic rings. The smallest absolute Gasteiger partial charge is 0.338 e. The van der Waals surface area contributed by atoms with Crippen molar-refractivity contribution in [3.05, 3.63) is 75.2 Å². The van der Waals surface area contributed by atoms with Crippen LogP contribution in [0.3, 0.4) is 0 Å².